The number of aromatic nitrogens is 5. The highest BCUT2D eigenvalue weighted by atomic mass is 16.3. The number of carbonyl (C=O) groups is 1. The molecule has 8 rings (SSSR count). The van der Waals surface area contributed by atoms with Crippen LogP contribution in [0.15, 0.2) is 41.3 Å². The van der Waals surface area contributed by atoms with Gasteiger partial charge in [-0.2, -0.15) is 5.10 Å². The number of pyridine rings is 2. The van der Waals surface area contributed by atoms with Crippen molar-refractivity contribution in [3.63, 3.8) is 0 Å². The highest BCUT2D eigenvalue weighted by molar-refractivity contribution is 6.05. The zero-order chi connectivity index (χ0) is 33.2. The van der Waals surface area contributed by atoms with Gasteiger partial charge in [0, 0.05) is 59.3 Å². The van der Waals surface area contributed by atoms with Crippen molar-refractivity contribution in [2.45, 2.75) is 103 Å². The van der Waals surface area contributed by atoms with E-state index in [1.54, 1.807) is 11.1 Å². The van der Waals surface area contributed by atoms with Crippen LogP contribution in [-0.2, 0) is 24.8 Å². The molecule has 0 spiro atoms. The topological polar surface area (TPSA) is 132 Å². The SMILES string of the molecule is CC(C)C1(C)CCCC(CO)(c2[nH]c(=O)c(Nc3cc(C4CC4)[nH]n3)cc2-c2ccnc(N3CCn4c(cc5c4CCCC5)C3=O)c2)C1. The van der Waals surface area contributed by atoms with Crippen LogP contribution in [0.1, 0.15) is 111 Å². The van der Waals surface area contributed by atoms with Crippen molar-refractivity contribution in [2.75, 3.05) is 23.4 Å². The van der Waals surface area contributed by atoms with E-state index in [-0.39, 0.29) is 23.5 Å². The fourth-order valence-corrected chi connectivity index (χ4v) is 8.70. The number of anilines is 3. The third kappa shape index (κ3) is 5.29. The number of aliphatic hydroxyl groups excluding tert-OH is 1. The molecule has 4 N–H and O–H groups in total. The molecule has 2 fully saturated rings. The van der Waals surface area contributed by atoms with E-state index in [0.29, 0.717) is 35.7 Å². The largest absolute Gasteiger partial charge is 0.395 e. The second kappa shape index (κ2) is 11.8. The molecule has 10 heteroatoms. The van der Waals surface area contributed by atoms with Crippen LogP contribution in [0.2, 0.25) is 0 Å². The average Bonchev–Trinajstić information content (AvgIpc) is 3.72. The highest BCUT2D eigenvalue weighted by Gasteiger charge is 2.46. The zero-order valence-corrected chi connectivity index (χ0v) is 28.4. The molecule has 1 aliphatic heterocycles. The summed E-state index contributed by atoms with van der Waals surface area (Å²) >= 11 is 0. The second-order valence-corrected chi connectivity index (χ2v) is 15.4. The van der Waals surface area contributed by atoms with E-state index in [4.69, 9.17) is 4.98 Å². The molecule has 252 valence electrons. The fraction of sp³-hybridized carbons (Fsp3) is 0.526. The molecule has 2 unspecified atom stereocenters. The summed E-state index contributed by atoms with van der Waals surface area (Å²) in [6.45, 7) is 8.03. The first-order chi connectivity index (χ1) is 23.2. The lowest BCUT2D eigenvalue weighted by molar-refractivity contribution is 0.0425. The summed E-state index contributed by atoms with van der Waals surface area (Å²) in [5.41, 5.74) is 6.38. The molecule has 2 atom stereocenters. The van der Waals surface area contributed by atoms with Crippen molar-refractivity contribution in [1.29, 1.82) is 0 Å². The summed E-state index contributed by atoms with van der Waals surface area (Å²) < 4.78 is 2.22. The number of fused-ring (bicyclic) bond motifs is 3. The summed E-state index contributed by atoms with van der Waals surface area (Å²) in [6, 6.07) is 9.88. The zero-order valence-electron chi connectivity index (χ0n) is 28.4. The predicted octanol–water partition coefficient (Wildman–Crippen LogP) is 6.59. The number of nitrogens with one attached hydrogen (secondary N) is 3. The van der Waals surface area contributed by atoms with Gasteiger partial charge >= 0.3 is 0 Å². The molecule has 10 nitrogen and oxygen atoms in total. The highest BCUT2D eigenvalue weighted by Crippen LogP contribution is 2.52. The van der Waals surface area contributed by atoms with E-state index >= 15 is 0 Å². The molecule has 0 aromatic carbocycles. The lowest BCUT2D eigenvalue weighted by Gasteiger charge is -2.48. The minimum Gasteiger partial charge on any atom is -0.395 e. The molecule has 48 heavy (non-hydrogen) atoms. The molecule has 2 saturated carbocycles. The van der Waals surface area contributed by atoms with Crippen molar-refractivity contribution in [1.82, 2.24) is 24.7 Å². The summed E-state index contributed by atoms with van der Waals surface area (Å²) in [5.74, 6) is 2.09. The van der Waals surface area contributed by atoms with Gasteiger partial charge in [-0.1, -0.05) is 27.2 Å². The minimum atomic E-state index is -0.625. The second-order valence-electron chi connectivity index (χ2n) is 15.4. The normalized spacial score (nSPS) is 24.1. The van der Waals surface area contributed by atoms with Gasteiger partial charge in [0.05, 0.1) is 6.61 Å². The molecule has 4 aliphatic rings. The summed E-state index contributed by atoms with van der Waals surface area (Å²) in [4.78, 5) is 37.5. The Kier molecular flexibility index (Phi) is 7.62. The molecule has 5 heterocycles. The van der Waals surface area contributed by atoms with E-state index in [0.717, 1.165) is 86.1 Å². The summed E-state index contributed by atoms with van der Waals surface area (Å²) in [5, 5.41) is 22.0. The number of carbonyl (C=O) groups excluding carboxylic acids is 1. The van der Waals surface area contributed by atoms with E-state index < -0.39 is 5.41 Å². The molecule has 0 radical (unpaired) electrons. The molecule has 4 aromatic heterocycles. The van der Waals surface area contributed by atoms with Gasteiger partial charge in [0.15, 0.2) is 5.82 Å². The Morgan fingerprint density at radius 3 is 2.69 bits per heavy atom. The van der Waals surface area contributed by atoms with Crippen LogP contribution in [0.4, 0.5) is 17.3 Å². The maximum atomic E-state index is 14.0. The summed E-state index contributed by atoms with van der Waals surface area (Å²) in [6.07, 6.45) is 12.0. The Balaban J connectivity index is 1.21. The minimum absolute atomic E-state index is 0.0119. The number of nitrogens with zero attached hydrogens (tertiary/aromatic N) is 4. The average molecular weight is 650 g/mol. The number of H-pyrrole nitrogens is 2. The fourth-order valence-electron chi connectivity index (χ4n) is 8.70. The van der Waals surface area contributed by atoms with Gasteiger partial charge in [-0.05, 0) is 105 Å². The van der Waals surface area contributed by atoms with Crippen molar-refractivity contribution in [3.8, 4) is 11.1 Å². The van der Waals surface area contributed by atoms with E-state index in [9.17, 15) is 14.7 Å². The Morgan fingerprint density at radius 1 is 1.06 bits per heavy atom. The van der Waals surface area contributed by atoms with Crippen LogP contribution in [0.25, 0.3) is 11.1 Å². The van der Waals surface area contributed by atoms with Gasteiger partial charge in [0.1, 0.15) is 17.2 Å². The Hall–Kier alpha value is -4.18. The quantitative estimate of drug-likeness (QED) is 0.170. The van der Waals surface area contributed by atoms with Gasteiger partial charge < -0.3 is 20.0 Å². The molecule has 3 aliphatic carbocycles. The molecule has 1 amide bonds. The Morgan fingerprint density at radius 2 is 1.90 bits per heavy atom. The lowest BCUT2D eigenvalue weighted by Crippen LogP contribution is -2.44. The number of aryl methyl sites for hydroxylation is 1. The number of hydrogen-bond acceptors (Lipinski definition) is 6. The van der Waals surface area contributed by atoms with E-state index in [1.165, 1.54) is 24.1 Å². The van der Waals surface area contributed by atoms with Gasteiger partial charge in [-0.25, -0.2) is 4.98 Å². The number of aliphatic hydroxyl groups is 1. The third-order valence-electron chi connectivity index (χ3n) is 12.0. The number of rotatable bonds is 8. The lowest BCUT2D eigenvalue weighted by atomic mass is 9.57. The van der Waals surface area contributed by atoms with Gasteiger partial charge in [0.2, 0.25) is 0 Å². The van der Waals surface area contributed by atoms with Crippen molar-refractivity contribution >= 4 is 23.2 Å². The number of hydrogen-bond donors (Lipinski definition) is 4. The van der Waals surface area contributed by atoms with Crippen molar-refractivity contribution in [3.05, 3.63) is 75.2 Å². The van der Waals surface area contributed by atoms with E-state index in [1.807, 2.05) is 24.3 Å². The predicted molar refractivity (Wildman–Crippen MR) is 187 cm³/mol. The maximum absolute atomic E-state index is 14.0. The summed E-state index contributed by atoms with van der Waals surface area (Å²) in [7, 11) is 0. The molecular weight excluding hydrogens is 602 g/mol. The van der Waals surface area contributed by atoms with Crippen molar-refractivity contribution in [2.24, 2.45) is 11.3 Å². The van der Waals surface area contributed by atoms with Gasteiger partial charge in [0.25, 0.3) is 11.5 Å². The van der Waals surface area contributed by atoms with E-state index in [2.05, 4.69) is 51.9 Å². The van der Waals surface area contributed by atoms with Crippen LogP contribution < -0.4 is 15.8 Å². The maximum Gasteiger partial charge on any atom is 0.276 e. The first kappa shape index (κ1) is 31.1. The number of amides is 1. The standard InChI is InChI=1S/C38H47N7O3/c1-23(2)37(3)12-6-13-38(21-37,22-46)34-27(19-29(35(47)41-34)40-32-20-28(42-43-32)24-9-10-24)25-11-14-39-33(18-25)45-16-15-44-30-8-5-4-7-26(30)17-31(44)36(45)48/h11,14,17-20,23-24,46H,4-10,12-13,15-16,21-22H2,1-3H3,(H,41,47)(H2,40,42,43). The van der Waals surface area contributed by atoms with Crippen LogP contribution in [0.3, 0.4) is 0 Å². The molecular formula is C38H47N7O3. The van der Waals surface area contributed by atoms with Crippen LogP contribution in [-0.4, -0.2) is 48.9 Å². The molecule has 0 saturated heterocycles. The third-order valence-corrected chi connectivity index (χ3v) is 12.0. The first-order valence-corrected chi connectivity index (χ1v) is 17.9. The monoisotopic (exact) mass is 649 g/mol. The smallest absolute Gasteiger partial charge is 0.276 e. The van der Waals surface area contributed by atoms with Crippen LogP contribution in [0.5, 0.6) is 0 Å². The Bertz CT molecular complexity index is 1930. The van der Waals surface area contributed by atoms with Gasteiger partial charge in [-0.15, -0.1) is 0 Å². The van der Waals surface area contributed by atoms with Gasteiger partial charge in [-0.3, -0.25) is 19.6 Å². The van der Waals surface area contributed by atoms with Crippen LogP contribution in [0, 0.1) is 11.3 Å². The molecule has 0 bridgehead atoms. The number of aromatic amines is 2. The molecule has 4 aromatic rings. The van der Waals surface area contributed by atoms with Crippen molar-refractivity contribution < 1.29 is 9.90 Å². The Labute approximate surface area is 281 Å². The van der Waals surface area contributed by atoms with Crippen LogP contribution >= 0.6 is 0 Å². The first-order valence-electron chi connectivity index (χ1n) is 17.9.